The molecule has 2 heteroatoms. The smallest absolute Gasteiger partial charge is 0.0919 e. The molecular formula is C13H19ClO. The van der Waals surface area contributed by atoms with Crippen LogP contribution in [0.4, 0.5) is 0 Å². The molecule has 15 heavy (non-hydrogen) atoms. The summed E-state index contributed by atoms with van der Waals surface area (Å²) >= 11 is 5.84. The predicted molar refractivity (Wildman–Crippen MR) is 65.1 cm³/mol. The molecule has 0 aliphatic rings. The Morgan fingerprint density at radius 3 is 2.20 bits per heavy atom. The van der Waals surface area contributed by atoms with Crippen molar-refractivity contribution in [1.29, 1.82) is 0 Å². The highest BCUT2D eigenvalue weighted by atomic mass is 35.5. The molecule has 0 bridgehead atoms. The van der Waals surface area contributed by atoms with Crippen molar-refractivity contribution < 1.29 is 5.11 Å². The van der Waals surface area contributed by atoms with Crippen molar-refractivity contribution in [1.82, 2.24) is 0 Å². The van der Waals surface area contributed by atoms with Crippen LogP contribution in [-0.2, 0) is 5.60 Å². The summed E-state index contributed by atoms with van der Waals surface area (Å²) in [6.45, 7) is 6.19. The number of benzene rings is 1. The second kappa shape index (κ2) is 5.00. The number of halogens is 1. The minimum Gasteiger partial charge on any atom is -0.385 e. The maximum atomic E-state index is 10.6. The minimum absolute atomic E-state index is 0.253. The van der Waals surface area contributed by atoms with Crippen molar-refractivity contribution in [2.45, 2.75) is 39.2 Å². The van der Waals surface area contributed by atoms with Gasteiger partial charge in [-0.2, -0.15) is 0 Å². The van der Waals surface area contributed by atoms with E-state index in [9.17, 15) is 5.11 Å². The fraction of sp³-hybridized carbons (Fsp3) is 0.538. The molecule has 1 nitrogen and oxygen atoms in total. The number of rotatable bonds is 4. The van der Waals surface area contributed by atoms with Crippen LogP contribution in [0.5, 0.6) is 0 Å². The second-order valence-electron chi connectivity index (χ2n) is 4.09. The van der Waals surface area contributed by atoms with Gasteiger partial charge in [-0.15, -0.1) is 0 Å². The highest BCUT2D eigenvalue weighted by molar-refractivity contribution is 6.30. The van der Waals surface area contributed by atoms with Gasteiger partial charge in [-0.1, -0.05) is 50.9 Å². The van der Waals surface area contributed by atoms with Crippen LogP contribution in [0.25, 0.3) is 0 Å². The van der Waals surface area contributed by atoms with E-state index in [1.54, 1.807) is 0 Å². The van der Waals surface area contributed by atoms with Crippen LogP contribution in [-0.4, -0.2) is 5.11 Å². The Morgan fingerprint density at radius 2 is 1.80 bits per heavy atom. The molecule has 0 saturated carbocycles. The van der Waals surface area contributed by atoms with Gasteiger partial charge in [0.1, 0.15) is 0 Å². The molecule has 1 rings (SSSR count). The number of hydrogen-bond acceptors (Lipinski definition) is 1. The Kier molecular flexibility index (Phi) is 4.18. The molecule has 0 radical (unpaired) electrons. The summed E-state index contributed by atoms with van der Waals surface area (Å²) in [6.07, 6.45) is 1.69. The summed E-state index contributed by atoms with van der Waals surface area (Å²) in [6, 6.07) is 7.50. The number of aliphatic hydroxyl groups is 1. The highest BCUT2D eigenvalue weighted by Crippen LogP contribution is 2.35. The SMILES string of the molecule is CCC(C)C(O)(CC)c1ccc(Cl)cc1. The Hall–Kier alpha value is -0.530. The van der Waals surface area contributed by atoms with Crippen LogP contribution in [0.3, 0.4) is 0 Å². The van der Waals surface area contributed by atoms with Crippen molar-refractivity contribution in [2.24, 2.45) is 5.92 Å². The van der Waals surface area contributed by atoms with Crippen LogP contribution in [0.1, 0.15) is 39.2 Å². The van der Waals surface area contributed by atoms with E-state index in [-0.39, 0.29) is 5.92 Å². The lowest BCUT2D eigenvalue weighted by molar-refractivity contribution is -0.0224. The lowest BCUT2D eigenvalue weighted by Crippen LogP contribution is -2.32. The number of hydrogen-bond donors (Lipinski definition) is 1. The monoisotopic (exact) mass is 226 g/mol. The molecule has 2 unspecified atom stereocenters. The molecule has 1 aromatic carbocycles. The highest BCUT2D eigenvalue weighted by Gasteiger charge is 2.32. The third-order valence-corrected chi connectivity index (χ3v) is 3.56. The molecule has 2 atom stereocenters. The first-order valence-electron chi connectivity index (χ1n) is 5.53. The molecule has 1 aromatic rings. The van der Waals surface area contributed by atoms with E-state index in [1.807, 2.05) is 31.2 Å². The van der Waals surface area contributed by atoms with Crippen molar-refractivity contribution in [3.8, 4) is 0 Å². The lowest BCUT2D eigenvalue weighted by atomic mass is 9.79. The first-order valence-corrected chi connectivity index (χ1v) is 5.90. The molecule has 0 aliphatic heterocycles. The van der Waals surface area contributed by atoms with Gasteiger partial charge in [-0.25, -0.2) is 0 Å². The largest absolute Gasteiger partial charge is 0.385 e. The zero-order valence-electron chi connectivity index (χ0n) is 9.63. The topological polar surface area (TPSA) is 20.2 Å². The third kappa shape index (κ3) is 2.53. The van der Waals surface area contributed by atoms with Crippen LogP contribution < -0.4 is 0 Å². The van der Waals surface area contributed by atoms with Crippen molar-refractivity contribution in [2.75, 3.05) is 0 Å². The molecule has 1 N–H and O–H groups in total. The zero-order valence-corrected chi connectivity index (χ0v) is 10.4. The summed E-state index contributed by atoms with van der Waals surface area (Å²) in [7, 11) is 0. The molecule has 0 aromatic heterocycles. The first kappa shape index (κ1) is 12.5. The third-order valence-electron chi connectivity index (χ3n) is 3.31. The Labute approximate surface area is 97.1 Å². The summed E-state index contributed by atoms with van der Waals surface area (Å²) in [4.78, 5) is 0. The Morgan fingerprint density at radius 1 is 1.27 bits per heavy atom. The maximum absolute atomic E-state index is 10.6. The van der Waals surface area contributed by atoms with Gasteiger partial charge in [0.15, 0.2) is 0 Å². The van der Waals surface area contributed by atoms with E-state index in [2.05, 4.69) is 13.8 Å². The minimum atomic E-state index is -0.723. The van der Waals surface area contributed by atoms with Crippen LogP contribution in [0, 0.1) is 5.92 Å². The summed E-state index contributed by atoms with van der Waals surface area (Å²) < 4.78 is 0. The molecule has 0 saturated heterocycles. The van der Waals surface area contributed by atoms with Gasteiger partial charge < -0.3 is 5.11 Å². The second-order valence-corrected chi connectivity index (χ2v) is 4.53. The van der Waals surface area contributed by atoms with Gasteiger partial charge in [0, 0.05) is 5.02 Å². The molecule has 0 spiro atoms. The van der Waals surface area contributed by atoms with Gasteiger partial charge in [0.2, 0.25) is 0 Å². The van der Waals surface area contributed by atoms with Crippen molar-refractivity contribution in [3.63, 3.8) is 0 Å². The molecular weight excluding hydrogens is 208 g/mol. The maximum Gasteiger partial charge on any atom is 0.0919 e. The van der Waals surface area contributed by atoms with E-state index in [1.165, 1.54) is 0 Å². The fourth-order valence-corrected chi connectivity index (χ4v) is 2.04. The fourth-order valence-electron chi connectivity index (χ4n) is 1.91. The summed E-state index contributed by atoms with van der Waals surface area (Å²) in [5.41, 5.74) is 0.239. The van der Waals surface area contributed by atoms with E-state index in [4.69, 9.17) is 11.6 Å². The summed E-state index contributed by atoms with van der Waals surface area (Å²) in [5.74, 6) is 0.253. The van der Waals surface area contributed by atoms with Gasteiger partial charge in [-0.05, 0) is 30.0 Å². The van der Waals surface area contributed by atoms with E-state index >= 15 is 0 Å². The van der Waals surface area contributed by atoms with Gasteiger partial charge in [-0.3, -0.25) is 0 Å². The van der Waals surface area contributed by atoms with Crippen LogP contribution >= 0.6 is 11.6 Å². The molecule has 0 aliphatic carbocycles. The lowest BCUT2D eigenvalue weighted by Gasteiger charge is -2.33. The van der Waals surface area contributed by atoms with Gasteiger partial charge in [0.25, 0.3) is 0 Å². The van der Waals surface area contributed by atoms with Gasteiger partial charge in [0.05, 0.1) is 5.60 Å². The average molecular weight is 227 g/mol. The van der Waals surface area contributed by atoms with Crippen LogP contribution in [0.15, 0.2) is 24.3 Å². The van der Waals surface area contributed by atoms with Crippen molar-refractivity contribution in [3.05, 3.63) is 34.9 Å². The molecule has 84 valence electrons. The average Bonchev–Trinajstić information content (AvgIpc) is 2.27. The van der Waals surface area contributed by atoms with E-state index < -0.39 is 5.60 Å². The van der Waals surface area contributed by atoms with Crippen LogP contribution in [0.2, 0.25) is 5.02 Å². The van der Waals surface area contributed by atoms with Crippen molar-refractivity contribution >= 4 is 11.6 Å². The van der Waals surface area contributed by atoms with E-state index in [0.29, 0.717) is 5.02 Å². The molecule has 0 amide bonds. The Balaban J connectivity index is 3.05. The summed E-state index contributed by atoms with van der Waals surface area (Å²) in [5, 5.41) is 11.3. The quantitative estimate of drug-likeness (QED) is 0.824. The first-order chi connectivity index (χ1) is 7.04. The van der Waals surface area contributed by atoms with Gasteiger partial charge >= 0.3 is 0 Å². The zero-order chi connectivity index (χ0) is 11.5. The predicted octanol–water partition coefficient (Wildman–Crippen LogP) is 3.98. The Bertz CT molecular complexity index is 307. The van der Waals surface area contributed by atoms with E-state index in [0.717, 1.165) is 18.4 Å². The standard InChI is InChI=1S/C13H19ClO/c1-4-10(3)13(15,5-2)11-6-8-12(14)9-7-11/h6-10,15H,4-5H2,1-3H3. The molecule has 0 heterocycles. The molecule has 0 fully saturated rings. The normalized spacial score (nSPS) is 17.1.